The molecule has 0 radical (unpaired) electrons. The number of hydrogen-bond acceptors (Lipinski definition) is 5. The minimum absolute atomic E-state index is 0.0821. The fourth-order valence-electron chi connectivity index (χ4n) is 5.59. The number of para-hydroxylation sites is 1. The molecule has 2 amide bonds. The van der Waals surface area contributed by atoms with Crippen molar-refractivity contribution in [2.75, 3.05) is 18.0 Å². The zero-order valence-corrected chi connectivity index (χ0v) is 26.4. The van der Waals surface area contributed by atoms with Gasteiger partial charge in [-0.15, -0.1) is 0 Å². The first-order chi connectivity index (χ1) is 20.6. The van der Waals surface area contributed by atoms with E-state index >= 15 is 0 Å². The van der Waals surface area contributed by atoms with E-state index in [9.17, 15) is 18.0 Å². The van der Waals surface area contributed by atoms with Gasteiger partial charge in [-0.25, -0.2) is 8.42 Å². The minimum Gasteiger partial charge on any atom is -0.497 e. The summed E-state index contributed by atoms with van der Waals surface area (Å²) in [4.78, 5) is 29.6. The number of hydrogen-bond donors (Lipinski definition) is 1. The van der Waals surface area contributed by atoms with Crippen LogP contribution in [0.5, 0.6) is 5.75 Å². The number of carbonyl (C=O) groups excluding carboxylic acids is 2. The van der Waals surface area contributed by atoms with Crippen LogP contribution < -0.4 is 14.4 Å². The molecule has 8 nitrogen and oxygen atoms in total. The number of methoxy groups -OCH3 is 1. The van der Waals surface area contributed by atoms with Crippen LogP contribution in [-0.2, 0) is 26.2 Å². The summed E-state index contributed by atoms with van der Waals surface area (Å²) in [5.74, 6) is 0.0131. The van der Waals surface area contributed by atoms with Gasteiger partial charge in [-0.2, -0.15) is 0 Å². The summed E-state index contributed by atoms with van der Waals surface area (Å²) in [7, 11) is -2.52. The first kappa shape index (κ1) is 32.1. The standard InChI is InChI=1S/C34H43N3O5S/c1-5-31(34(39)35-28-12-7-6-8-13-28)36(23-27-17-19-29(42-4)20-18-27)33(38)24-37(32-14-10-9-11-26(32)3)43(40,41)30-21-15-25(2)16-22-30/h9-11,14-22,28,31H,5-8,12-13,23-24H2,1-4H3,(H,35,39). The lowest BCUT2D eigenvalue weighted by molar-refractivity contribution is -0.140. The van der Waals surface area contributed by atoms with E-state index in [2.05, 4.69) is 5.32 Å². The molecule has 1 aliphatic carbocycles. The van der Waals surface area contributed by atoms with Gasteiger partial charge >= 0.3 is 0 Å². The Kier molecular flexibility index (Phi) is 10.9. The maximum absolute atomic E-state index is 14.3. The second kappa shape index (κ2) is 14.6. The summed E-state index contributed by atoms with van der Waals surface area (Å²) >= 11 is 0. The Morgan fingerprint density at radius 2 is 1.58 bits per heavy atom. The molecule has 1 saturated carbocycles. The number of nitrogens with one attached hydrogen (secondary N) is 1. The average Bonchev–Trinajstić information content (AvgIpc) is 3.01. The van der Waals surface area contributed by atoms with Crippen LogP contribution in [0.3, 0.4) is 0 Å². The highest BCUT2D eigenvalue weighted by Crippen LogP contribution is 2.28. The fourth-order valence-corrected chi connectivity index (χ4v) is 7.06. The Hall–Kier alpha value is -3.85. The van der Waals surface area contributed by atoms with Crippen molar-refractivity contribution >= 4 is 27.5 Å². The third kappa shape index (κ3) is 7.96. The number of nitrogens with zero attached hydrogens (tertiary/aromatic N) is 2. The molecule has 1 atom stereocenters. The summed E-state index contributed by atoms with van der Waals surface area (Å²) in [6, 6.07) is 20.3. The molecule has 0 saturated heterocycles. The largest absolute Gasteiger partial charge is 0.497 e. The molecule has 0 aromatic heterocycles. The summed E-state index contributed by atoms with van der Waals surface area (Å²) in [5.41, 5.74) is 2.87. The van der Waals surface area contributed by atoms with Crippen molar-refractivity contribution in [2.24, 2.45) is 0 Å². The van der Waals surface area contributed by atoms with Gasteiger partial charge in [-0.05, 0) is 74.6 Å². The van der Waals surface area contributed by atoms with Crippen molar-refractivity contribution in [3.8, 4) is 5.75 Å². The molecular formula is C34H43N3O5S. The maximum atomic E-state index is 14.3. The highest BCUT2D eigenvalue weighted by molar-refractivity contribution is 7.92. The molecule has 0 spiro atoms. The third-order valence-electron chi connectivity index (χ3n) is 8.12. The van der Waals surface area contributed by atoms with Crippen LogP contribution in [0.15, 0.2) is 77.7 Å². The van der Waals surface area contributed by atoms with Crippen molar-refractivity contribution in [2.45, 2.75) is 82.8 Å². The predicted molar refractivity (Wildman–Crippen MR) is 170 cm³/mol. The van der Waals surface area contributed by atoms with E-state index < -0.39 is 28.5 Å². The number of rotatable bonds is 12. The van der Waals surface area contributed by atoms with Crippen molar-refractivity contribution in [3.05, 3.63) is 89.5 Å². The van der Waals surface area contributed by atoms with Gasteiger partial charge in [0.05, 0.1) is 17.7 Å². The summed E-state index contributed by atoms with van der Waals surface area (Å²) in [5, 5.41) is 3.18. The second-order valence-corrected chi connectivity index (χ2v) is 13.1. The monoisotopic (exact) mass is 605 g/mol. The van der Waals surface area contributed by atoms with Gasteiger partial charge in [0, 0.05) is 12.6 Å². The van der Waals surface area contributed by atoms with Gasteiger partial charge < -0.3 is 15.0 Å². The Labute approximate surface area is 256 Å². The molecule has 9 heteroatoms. The van der Waals surface area contributed by atoms with Gasteiger partial charge in [-0.3, -0.25) is 13.9 Å². The van der Waals surface area contributed by atoms with Crippen molar-refractivity contribution in [1.29, 1.82) is 0 Å². The molecule has 0 heterocycles. The van der Waals surface area contributed by atoms with Crippen molar-refractivity contribution in [3.63, 3.8) is 0 Å². The van der Waals surface area contributed by atoms with Gasteiger partial charge in [0.2, 0.25) is 11.8 Å². The first-order valence-corrected chi connectivity index (χ1v) is 16.5. The molecule has 1 fully saturated rings. The molecule has 4 rings (SSSR count). The highest BCUT2D eigenvalue weighted by Gasteiger charge is 2.34. The average molecular weight is 606 g/mol. The quantitative estimate of drug-likeness (QED) is 0.283. The van der Waals surface area contributed by atoms with Gasteiger partial charge in [0.1, 0.15) is 18.3 Å². The van der Waals surface area contributed by atoms with Crippen molar-refractivity contribution < 1.29 is 22.7 Å². The SMILES string of the molecule is CCC(C(=O)NC1CCCCC1)N(Cc1ccc(OC)cc1)C(=O)CN(c1ccccc1C)S(=O)(=O)c1ccc(C)cc1. The topological polar surface area (TPSA) is 96.0 Å². The van der Waals surface area contributed by atoms with E-state index in [0.717, 1.165) is 48.8 Å². The van der Waals surface area contributed by atoms with Crippen LogP contribution in [0.1, 0.15) is 62.1 Å². The molecule has 3 aromatic rings. The highest BCUT2D eigenvalue weighted by atomic mass is 32.2. The van der Waals surface area contributed by atoms with Gasteiger partial charge in [0.15, 0.2) is 0 Å². The zero-order valence-electron chi connectivity index (χ0n) is 25.6. The van der Waals surface area contributed by atoms with Gasteiger partial charge in [0.25, 0.3) is 10.0 Å². The zero-order chi connectivity index (χ0) is 31.0. The Morgan fingerprint density at radius 3 is 2.19 bits per heavy atom. The molecule has 43 heavy (non-hydrogen) atoms. The number of aryl methyl sites for hydroxylation is 2. The number of benzene rings is 3. The van der Waals surface area contributed by atoms with Crippen LogP contribution in [-0.4, -0.2) is 50.9 Å². The maximum Gasteiger partial charge on any atom is 0.264 e. The third-order valence-corrected chi connectivity index (χ3v) is 9.90. The number of sulfonamides is 1. The molecule has 3 aromatic carbocycles. The lowest BCUT2D eigenvalue weighted by Crippen LogP contribution is -2.54. The van der Waals surface area contributed by atoms with E-state index in [1.165, 1.54) is 9.21 Å². The van der Waals surface area contributed by atoms with E-state index in [-0.39, 0.29) is 23.4 Å². The van der Waals surface area contributed by atoms with Crippen LogP contribution in [0.25, 0.3) is 0 Å². The molecule has 1 aliphatic rings. The number of ether oxygens (including phenoxy) is 1. The van der Waals surface area contributed by atoms with Gasteiger partial charge in [-0.1, -0.05) is 74.2 Å². The number of carbonyl (C=O) groups is 2. The molecule has 0 aliphatic heterocycles. The second-order valence-electron chi connectivity index (χ2n) is 11.2. The molecule has 1 unspecified atom stereocenters. The first-order valence-electron chi connectivity index (χ1n) is 15.0. The van der Waals surface area contributed by atoms with Crippen LogP contribution >= 0.6 is 0 Å². The minimum atomic E-state index is -4.11. The lowest BCUT2D eigenvalue weighted by atomic mass is 9.95. The summed E-state index contributed by atoms with van der Waals surface area (Å²) < 4.78 is 34.6. The number of amides is 2. The fraction of sp³-hybridized carbons (Fsp3) is 0.412. The van der Waals surface area contributed by atoms with E-state index in [1.807, 2.05) is 57.2 Å². The number of anilines is 1. The Balaban J connectivity index is 1.71. The summed E-state index contributed by atoms with van der Waals surface area (Å²) in [6.07, 6.45) is 5.53. The Morgan fingerprint density at radius 1 is 0.930 bits per heavy atom. The van der Waals surface area contributed by atoms with Crippen LogP contribution in [0.4, 0.5) is 5.69 Å². The van der Waals surface area contributed by atoms with E-state index in [1.54, 1.807) is 43.5 Å². The summed E-state index contributed by atoms with van der Waals surface area (Å²) in [6.45, 7) is 5.27. The lowest BCUT2D eigenvalue weighted by Gasteiger charge is -2.34. The van der Waals surface area contributed by atoms with E-state index in [4.69, 9.17) is 4.74 Å². The predicted octanol–water partition coefficient (Wildman–Crippen LogP) is 5.76. The van der Waals surface area contributed by atoms with Crippen molar-refractivity contribution in [1.82, 2.24) is 10.2 Å². The molecule has 230 valence electrons. The normalized spacial score (nSPS) is 14.5. The molecule has 0 bridgehead atoms. The molecular weight excluding hydrogens is 562 g/mol. The van der Waals surface area contributed by atoms with Crippen LogP contribution in [0.2, 0.25) is 0 Å². The van der Waals surface area contributed by atoms with Crippen LogP contribution in [0, 0.1) is 13.8 Å². The van der Waals surface area contributed by atoms with E-state index in [0.29, 0.717) is 17.9 Å². The molecule has 1 N–H and O–H groups in total. The Bertz CT molecular complexity index is 1480. The smallest absolute Gasteiger partial charge is 0.264 e.